The third-order valence-corrected chi connectivity index (χ3v) is 7.17. The fourth-order valence-electron chi connectivity index (χ4n) is 4.95. The number of ether oxygens (including phenoxy) is 2. The van der Waals surface area contributed by atoms with E-state index >= 15 is 0 Å². The summed E-state index contributed by atoms with van der Waals surface area (Å²) in [6.45, 7) is 0.479. The molecule has 12 heteroatoms. The summed E-state index contributed by atoms with van der Waals surface area (Å²) in [4.78, 5) is 26.0. The Morgan fingerprint density at radius 2 is 1.95 bits per heavy atom. The molecule has 2 atom stereocenters. The fourth-order valence-corrected chi connectivity index (χ4v) is 4.95. The Balaban J connectivity index is 1.46. The lowest BCUT2D eigenvalue weighted by atomic mass is 9.89. The molecule has 4 aromatic rings. The standard InChI is InChI=1S/C26H25F3N6O3/c1-34-24(36)18-10-19(14-7-8-38-20(9-14)16-12-31-35(13-16)17-4-5-17)32-22(15-3-6-21(37-2)30-11-15)23(18)33-25(34)26(27,28)29/h3,6,10-14,17,20H,4-5,7-9H2,1-2H3/t14-,20-/m1/s1. The molecule has 5 heterocycles. The monoisotopic (exact) mass is 526 g/mol. The first kappa shape index (κ1) is 24.5. The second kappa shape index (κ2) is 9.19. The number of methoxy groups -OCH3 is 1. The van der Waals surface area contributed by atoms with Gasteiger partial charge in [-0.3, -0.25) is 19.0 Å². The number of aromatic nitrogens is 6. The van der Waals surface area contributed by atoms with Gasteiger partial charge in [-0.25, -0.2) is 9.97 Å². The number of rotatable bonds is 5. The van der Waals surface area contributed by atoms with Crippen LogP contribution in [0.15, 0.2) is 41.6 Å². The lowest BCUT2D eigenvalue weighted by molar-refractivity contribution is -0.147. The van der Waals surface area contributed by atoms with E-state index in [-0.39, 0.29) is 28.6 Å². The Morgan fingerprint density at radius 1 is 1.13 bits per heavy atom. The van der Waals surface area contributed by atoms with Crippen molar-refractivity contribution in [1.29, 1.82) is 0 Å². The van der Waals surface area contributed by atoms with E-state index < -0.39 is 17.6 Å². The quantitative estimate of drug-likeness (QED) is 0.375. The Bertz CT molecular complexity index is 1560. The molecule has 38 heavy (non-hydrogen) atoms. The maximum Gasteiger partial charge on any atom is 0.449 e. The molecule has 0 unspecified atom stereocenters. The van der Waals surface area contributed by atoms with Gasteiger partial charge in [0.25, 0.3) is 5.56 Å². The van der Waals surface area contributed by atoms with Crippen LogP contribution in [0, 0.1) is 0 Å². The van der Waals surface area contributed by atoms with Crippen molar-refractivity contribution in [1.82, 2.24) is 29.3 Å². The second-order valence-electron chi connectivity index (χ2n) is 9.74. The number of halogens is 3. The zero-order valence-electron chi connectivity index (χ0n) is 20.8. The highest BCUT2D eigenvalue weighted by Gasteiger charge is 2.37. The van der Waals surface area contributed by atoms with Crippen LogP contribution >= 0.6 is 0 Å². The molecule has 0 N–H and O–H groups in total. The summed E-state index contributed by atoms with van der Waals surface area (Å²) in [6, 6.07) is 5.26. The predicted octanol–water partition coefficient (Wildman–Crippen LogP) is 4.58. The lowest BCUT2D eigenvalue weighted by Gasteiger charge is -2.29. The van der Waals surface area contributed by atoms with Crippen molar-refractivity contribution < 1.29 is 22.6 Å². The molecule has 1 aliphatic heterocycles. The molecule has 2 aliphatic rings. The Kier molecular flexibility index (Phi) is 5.93. The summed E-state index contributed by atoms with van der Waals surface area (Å²) in [5.41, 5.74) is 1.27. The van der Waals surface area contributed by atoms with E-state index in [0.717, 1.165) is 25.5 Å². The summed E-state index contributed by atoms with van der Waals surface area (Å²) in [5.74, 6) is -1.03. The highest BCUT2D eigenvalue weighted by Crippen LogP contribution is 2.40. The molecule has 1 saturated heterocycles. The highest BCUT2D eigenvalue weighted by atomic mass is 19.4. The van der Waals surface area contributed by atoms with Gasteiger partial charge in [-0.2, -0.15) is 18.3 Å². The Morgan fingerprint density at radius 3 is 2.63 bits per heavy atom. The molecule has 0 radical (unpaired) electrons. The minimum Gasteiger partial charge on any atom is -0.481 e. The van der Waals surface area contributed by atoms with Gasteiger partial charge < -0.3 is 9.47 Å². The zero-order chi connectivity index (χ0) is 26.6. The molecule has 198 valence electrons. The van der Waals surface area contributed by atoms with Crippen LogP contribution < -0.4 is 10.3 Å². The van der Waals surface area contributed by atoms with Crippen LogP contribution in [0.1, 0.15) is 60.8 Å². The SMILES string of the molecule is COc1ccc(-c2nc([C@@H]3CCO[C@@H](c4cnn(C5CC5)c4)C3)cc3c(=O)n(C)c(C(F)(F)F)nc23)cn1. The number of alkyl halides is 3. The maximum absolute atomic E-state index is 13.7. The first-order valence-corrected chi connectivity index (χ1v) is 12.4. The smallest absolute Gasteiger partial charge is 0.449 e. The van der Waals surface area contributed by atoms with E-state index in [9.17, 15) is 18.0 Å². The molecule has 1 saturated carbocycles. The topological polar surface area (TPSA) is 97.0 Å². The van der Waals surface area contributed by atoms with Gasteiger partial charge in [-0.15, -0.1) is 0 Å². The minimum absolute atomic E-state index is 0.0703. The third-order valence-electron chi connectivity index (χ3n) is 7.17. The van der Waals surface area contributed by atoms with Gasteiger partial charge in [0, 0.05) is 54.9 Å². The summed E-state index contributed by atoms with van der Waals surface area (Å²) >= 11 is 0. The predicted molar refractivity (Wildman–Crippen MR) is 131 cm³/mol. The number of hydrogen-bond acceptors (Lipinski definition) is 7. The molecular weight excluding hydrogens is 501 g/mol. The van der Waals surface area contributed by atoms with Gasteiger partial charge in [0.15, 0.2) is 0 Å². The maximum atomic E-state index is 13.7. The molecule has 0 aromatic carbocycles. The summed E-state index contributed by atoms with van der Waals surface area (Å²) in [5, 5.41) is 4.54. The second-order valence-corrected chi connectivity index (χ2v) is 9.74. The molecule has 9 nitrogen and oxygen atoms in total. The van der Waals surface area contributed by atoms with Gasteiger partial charge in [0.2, 0.25) is 11.7 Å². The van der Waals surface area contributed by atoms with E-state index in [1.807, 2.05) is 17.1 Å². The summed E-state index contributed by atoms with van der Waals surface area (Å²) in [6.07, 6.45) is 3.79. The first-order valence-electron chi connectivity index (χ1n) is 12.4. The first-order chi connectivity index (χ1) is 18.2. The Labute approximate surface area is 215 Å². The van der Waals surface area contributed by atoms with Crippen molar-refractivity contribution in [3.05, 3.63) is 64.2 Å². The van der Waals surface area contributed by atoms with Crippen LogP contribution in [0.5, 0.6) is 5.88 Å². The van der Waals surface area contributed by atoms with Crippen molar-refractivity contribution in [2.75, 3.05) is 13.7 Å². The molecule has 4 aromatic heterocycles. The summed E-state index contributed by atoms with van der Waals surface area (Å²) < 4.78 is 54.9. The fraction of sp³-hybridized carbons (Fsp3) is 0.423. The molecule has 0 spiro atoms. The Hall–Kier alpha value is -3.80. The average Bonchev–Trinajstić information content (AvgIpc) is 3.65. The van der Waals surface area contributed by atoms with Crippen LogP contribution in [-0.4, -0.2) is 43.0 Å². The average molecular weight is 527 g/mol. The van der Waals surface area contributed by atoms with E-state index in [4.69, 9.17) is 14.5 Å². The molecule has 6 rings (SSSR count). The van der Waals surface area contributed by atoms with E-state index in [2.05, 4.69) is 15.1 Å². The van der Waals surface area contributed by atoms with Crippen LogP contribution in [-0.2, 0) is 18.0 Å². The van der Waals surface area contributed by atoms with Crippen molar-refractivity contribution >= 4 is 10.9 Å². The lowest BCUT2D eigenvalue weighted by Crippen LogP contribution is -2.28. The number of fused-ring (bicyclic) bond motifs is 1. The van der Waals surface area contributed by atoms with Gasteiger partial charge in [-0.05, 0) is 37.8 Å². The van der Waals surface area contributed by atoms with Gasteiger partial charge in [-0.1, -0.05) is 0 Å². The molecular formula is C26H25F3N6O3. The van der Waals surface area contributed by atoms with Crippen molar-refractivity contribution in [3.63, 3.8) is 0 Å². The number of nitrogens with zero attached hydrogens (tertiary/aromatic N) is 6. The van der Waals surface area contributed by atoms with Crippen LogP contribution in [0.2, 0.25) is 0 Å². The van der Waals surface area contributed by atoms with Crippen LogP contribution in [0.25, 0.3) is 22.2 Å². The normalized spacial score (nSPS) is 20.1. The molecule has 2 fully saturated rings. The van der Waals surface area contributed by atoms with Crippen molar-refractivity contribution in [2.24, 2.45) is 7.05 Å². The largest absolute Gasteiger partial charge is 0.481 e. The van der Waals surface area contributed by atoms with Crippen LogP contribution in [0.4, 0.5) is 13.2 Å². The molecule has 0 amide bonds. The van der Waals surface area contributed by atoms with Crippen LogP contribution in [0.3, 0.4) is 0 Å². The van der Waals surface area contributed by atoms with Gasteiger partial charge in [0.05, 0.1) is 36.5 Å². The van der Waals surface area contributed by atoms with E-state index in [1.165, 1.54) is 13.3 Å². The minimum atomic E-state index is -4.81. The van der Waals surface area contributed by atoms with Gasteiger partial charge >= 0.3 is 6.18 Å². The van der Waals surface area contributed by atoms with Crippen molar-refractivity contribution in [2.45, 2.75) is 49.9 Å². The van der Waals surface area contributed by atoms with E-state index in [1.54, 1.807) is 18.2 Å². The highest BCUT2D eigenvalue weighted by molar-refractivity contribution is 5.91. The number of hydrogen-bond donors (Lipinski definition) is 0. The molecule has 1 aliphatic carbocycles. The van der Waals surface area contributed by atoms with E-state index in [0.29, 0.717) is 47.2 Å². The van der Waals surface area contributed by atoms with Gasteiger partial charge in [0.1, 0.15) is 5.52 Å². The molecule has 0 bridgehead atoms. The zero-order valence-corrected chi connectivity index (χ0v) is 20.8. The number of pyridine rings is 2. The van der Waals surface area contributed by atoms with Crippen molar-refractivity contribution in [3.8, 4) is 17.1 Å². The summed E-state index contributed by atoms with van der Waals surface area (Å²) in [7, 11) is 2.54. The third kappa shape index (κ3) is 4.42.